The van der Waals surface area contributed by atoms with E-state index in [1.807, 2.05) is 0 Å². The summed E-state index contributed by atoms with van der Waals surface area (Å²) in [6, 6.07) is 0. The number of aliphatic hydroxyl groups is 2. The van der Waals surface area contributed by atoms with Crippen molar-refractivity contribution in [3.05, 3.63) is 12.0 Å². The third-order valence-electron chi connectivity index (χ3n) is 11.0. The fourth-order valence-corrected chi connectivity index (χ4v) is 10.8. The number of hydrogen-bond acceptors (Lipinski definition) is 22. The van der Waals surface area contributed by atoms with Gasteiger partial charge in [-0.25, -0.2) is 23.2 Å². The smallest absolute Gasteiger partial charge is 0.462 e. The van der Waals surface area contributed by atoms with Crippen LogP contribution in [0.5, 0.6) is 0 Å². The van der Waals surface area contributed by atoms with E-state index in [9.17, 15) is 43.7 Å². The molecule has 2 aromatic heterocycles. The number of nitrogens with two attached hydrogens (primary N) is 1. The van der Waals surface area contributed by atoms with E-state index in [1.165, 1.54) is 57.8 Å². The summed E-state index contributed by atoms with van der Waals surface area (Å²) in [7, 11) is -5.77. The lowest BCUT2D eigenvalue weighted by Crippen LogP contribution is -2.64. The number of aromatic nitrogens is 3. The second kappa shape index (κ2) is 27.9. The second-order valence-electron chi connectivity index (χ2n) is 16.6. The van der Waals surface area contributed by atoms with Crippen molar-refractivity contribution in [2.75, 3.05) is 18.9 Å². The highest BCUT2D eigenvalue weighted by molar-refractivity contribution is 8.08. The van der Waals surface area contributed by atoms with Crippen LogP contribution >= 0.6 is 14.5 Å². The van der Waals surface area contributed by atoms with Crippen LogP contribution in [0.2, 0.25) is 0 Å². The summed E-state index contributed by atoms with van der Waals surface area (Å²) < 4.78 is 82.0. The quantitative estimate of drug-likeness (QED) is 0.0283. The van der Waals surface area contributed by atoms with Gasteiger partial charge >= 0.3 is 38.4 Å². The van der Waals surface area contributed by atoms with Crippen molar-refractivity contribution in [1.29, 1.82) is 0 Å². The minimum atomic E-state index is -5.77. The molecule has 6 N–H and O–H groups in total. The first kappa shape index (κ1) is 57.3. The third-order valence-corrected chi connectivity index (χ3v) is 14.5. The number of ether oxygens (including phenoxy) is 6. The second-order valence-corrected chi connectivity index (χ2v) is 21.0. The Labute approximate surface area is 398 Å². The Morgan fingerprint density at radius 3 is 1.93 bits per heavy atom. The Hall–Kier alpha value is -3.32. The van der Waals surface area contributed by atoms with Gasteiger partial charge in [-0.05, 0) is 18.2 Å². The molecule has 0 bridgehead atoms. The molecular weight excluding hydrogens is 965 g/mol. The molecule has 0 aromatic carbocycles. The number of halogens is 1. The highest BCUT2D eigenvalue weighted by Gasteiger charge is 2.57. The Morgan fingerprint density at radius 2 is 1.35 bits per heavy atom. The molecule has 2 aliphatic heterocycles. The Balaban J connectivity index is 1.34. The molecule has 2 saturated heterocycles. The van der Waals surface area contributed by atoms with E-state index in [0.717, 1.165) is 59.2 Å². The largest absolute Gasteiger partial charge is 0.481 e. The molecule has 2 fully saturated rings. The van der Waals surface area contributed by atoms with Crippen LogP contribution in [0.3, 0.4) is 0 Å². The molecule has 3 unspecified atom stereocenters. The molecule has 0 aliphatic carbocycles. The van der Waals surface area contributed by atoms with Gasteiger partial charge in [0, 0.05) is 27.2 Å². The third kappa shape index (κ3) is 18.1. The standard InChI is InChI=1S/C41H65FN4O19P2S/c1-5-6-7-8-9-10-11-12-13-14-15-16-17-18-19-20-29(50)56-21-27(42)34-37(58-24(2)47)38(59-25(3)48)39(60-26(4)49)41(62-34)64-66(53,54)65-67(55,68)57-22-28-32(51)33(52)35(61-28)31-30-36(63-46-31)40(43)45-23-44-30/h23,27-28,32-35,37-39,41,51-52H,5-22H2,1-4H3,(H,53,54)(H,55,68)(H2,43,44,45)/t27-,28+,32-,33+,34?,35-,37+,38-,39+,41-,67?/m0/s1. The van der Waals surface area contributed by atoms with E-state index in [-0.39, 0.29) is 29.0 Å². The first-order valence-corrected chi connectivity index (χ1v) is 26.9. The molecule has 12 atom stereocenters. The van der Waals surface area contributed by atoms with Crippen molar-refractivity contribution in [1.82, 2.24) is 15.1 Å². The van der Waals surface area contributed by atoms with E-state index in [2.05, 4.69) is 22.0 Å². The maximum absolute atomic E-state index is 16.2. The summed E-state index contributed by atoms with van der Waals surface area (Å²) in [4.78, 5) is 78.9. The van der Waals surface area contributed by atoms with Gasteiger partial charge in [0.1, 0.15) is 54.7 Å². The molecule has 386 valence electrons. The highest BCUT2D eigenvalue weighted by Crippen LogP contribution is 2.62. The lowest BCUT2D eigenvalue weighted by molar-refractivity contribution is -0.296. The molecule has 4 heterocycles. The molecule has 27 heteroatoms. The predicted molar refractivity (Wildman–Crippen MR) is 239 cm³/mol. The van der Waals surface area contributed by atoms with Crippen LogP contribution in [0.25, 0.3) is 11.1 Å². The average Bonchev–Trinajstić information content (AvgIpc) is 3.81. The number of esters is 4. The number of carbonyl (C=O) groups excluding carboxylic acids is 4. The number of aliphatic hydroxyl groups excluding tert-OH is 2. The number of hydrogen-bond donors (Lipinski definition) is 5. The fraction of sp³-hybridized carbons (Fsp3) is 0.780. The number of unbranched alkanes of at least 4 members (excludes halogenated alkanes) is 14. The molecule has 4 rings (SSSR count). The lowest BCUT2D eigenvalue weighted by Gasteiger charge is -2.45. The number of nitrogen functional groups attached to an aromatic ring is 1. The van der Waals surface area contributed by atoms with Crippen molar-refractivity contribution in [2.45, 2.75) is 192 Å². The van der Waals surface area contributed by atoms with Crippen molar-refractivity contribution >= 4 is 67.1 Å². The van der Waals surface area contributed by atoms with Crippen LogP contribution in [0.1, 0.15) is 142 Å². The molecule has 23 nitrogen and oxygen atoms in total. The minimum absolute atomic E-state index is 0.0260. The van der Waals surface area contributed by atoms with Gasteiger partial charge < -0.3 is 63.2 Å². The predicted octanol–water partition coefficient (Wildman–Crippen LogP) is 5.39. The number of anilines is 1. The number of nitrogens with zero attached hydrogens (tertiary/aromatic N) is 3. The maximum atomic E-state index is 16.2. The Morgan fingerprint density at radius 1 is 0.809 bits per heavy atom. The lowest BCUT2D eigenvalue weighted by atomic mass is 9.95. The highest BCUT2D eigenvalue weighted by atomic mass is 32.5. The number of fused-ring (bicyclic) bond motifs is 1. The SMILES string of the molecule is CCCCCCCCCCCCCCCCCC(=O)OC[C@H](F)C1O[C@@H](OP(=O)(O)OP(O)(=S)OC[C@H]2O[C@@H](c3noc4c(N)ncnc34)[C@H](O)[C@H]2O)[C@H](OC(C)=O)[C@@H](OC(C)=O)[C@@H]1OC(C)=O. The molecular formula is C41H65FN4O19P2S. The van der Waals surface area contributed by atoms with Gasteiger partial charge in [0.05, 0.1) is 6.61 Å². The van der Waals surface area contributed by atoms with E-state index < -0.39 is 113 Å². The van der Waals surface area contributed by atoms with Crippen LogP contribution in [0.15, 0.2) is 10.9 Å². The summed E-state index contributed by atoms with van der Waals surface area (Å²) >= 11 is 4.90. The van der Waals surface area contributed by atoms with Crippen molar-refractivity contribution in [3.8, 4) is 0 Å². The number of phosphoric acid groups is 1. The normalized spacial score (nSPS) is 26.1. The average molecular weight is 1030 g/mol. The van der Waals surface area contributed by atoms with Crippen LogP contribution in [-0.4, -0.2) is 127 Å². The van der Waals surface area contributed by atoms with Gasteiger partial charge in [-0.1, -0.05) is 102 Å². The van der Waals surface area contributed by atoms with Crippen LogP contribution in [0, 0.1) is 0 Å². The van der Waals surface area contributed by atoms with Crippen molar-refractivity contribution in [2.24, 2.45) is 0 Å². The molecule has 0 radical (unpaired) electrons. The topological polar surface area (TPSA) is 327 Å². The van der Waals surface area contributed by atoms with Gasteiger partial charge in [0.15, 0.2) is 30.3 Å². The zero-order valence-electron chi connectivity index (χ0n) is 38.6. The van der Waals surface area contributed by atoms with Gasteiger partial charge in [0.25, 0.3) is 0 Å². The summed E-state index contributed by atoms with van der Waals surface area (Å²) in [5, 5.41) is 25.2. The number of rotatable bonds is 30. The summed E-state index contributed by atoms with van der Waals surface area (Å²) in [5.41, 5.74) is 5.73. The van der Waals surface area contributed by atoms with Crippen molar-refractivity contribution in [3.63, 3.8) is 0 Å². The Bertz CT molecular complexity index is 2040. The summed E-state index contributed by atoms with van der Waals surface area (Å²) in [6.07, 6.45) is -1.15. The molecule has 2 aliphatic rings. The molecule has 0 amide bonds. The summed E-state index contributed by atoms with van der Waals surface area (Å²) in [5.74, 6) is -4.05. The van der Waals surface area contributed by atoms with E-state index in [4.69, 9.17) is 63.8 Å². The minimum Gasteiger partial charge on any atom is -0.462 e. The van der Waals surface area contributed by atoms with E-state index in [0.29, 0.717) is 6.42 Å². The monoisotopic (exact) mass is 1030 g/mol. The Kier molecular flexibility index (Phi) is 23.5. The molecule has 68 heavy (non-hydrogen) atoms. The molecule has 0 saturated carbocycles. The van der Waals surface area contributed by atoms with Gasteiger partial charge in [-0.2, -0.15) is 0 Å². The number of carbonyl (C=O) groups is 4. The van der Waals surface area contributed by atoms with Gasteiger partial charge in [-0.15, -0.1) is 0 Å². The molecule has 2 aromatic rings. The van der Waals surface area contributed by atoms with Crippen LogP contribution in [0.4, 0.5) is 10.2 Å². The van der Waals surface area contributed by atoms with Gasteiger partial charge in [0.2, 0.25) is 11.9 Å². The zero-order valence-corrected chi connectivity index (χ0v) is 41.2. The van der Waals surface area contributed by atoms with E-state index >= 15 is 4.39 Å². The zero-order chi connectivity index (χ0) is 50.0. The number of phosphoric ester groups is 1. The first-order chi connectivity index (χ1) is 32.2. The van der Waals surface area contributed by atoms with Gasteiger partial charge in [-0.3, -0.25) is 23.7 Å². The van der Waals surface area contributed by atoms with Crippen LogP contribution < -0.4 is 5.73 Å². The van der Waals surface area contributed by atoms with Crippen molar-refractivity contribution < 1.29 is 94.4 Å². The number of alkyl halides is 1. The maximum Gasteiger partial charge on any atom is 0.481 e. The van der Waals surface area contributed by atoms with Crippen LogP contribution in [-0.2, 0) is 77.3 Å². The van der Waals surface area contributed by atoms with E-state index in [1.54, 1.807) is 0 Å². The summed E-state index contributed by atoms with van der Waals surface area (Å²) in [6.45, 7) is -1.83. The molecule has 0 spiro atoms. The fourth-order valence-electron chi connectivity index (χ4n) is 7.73. The first-order valence-electron chi connectivity index (χ1n) is 22.8.